The van der Waals surface area contributed by atoms with E-state index in [0.717, 1.165) is 24.5 Å². The molecule has 0 spiro atoms. The van der Waals surface area contributed by atoms with Crippen LogP contribution in [0.25, 0.3) is 0 Å². The SMILES string of the molecule is CC(C)(C)[C@H](N)C(=O)NCc1ccc(N2CCCCCC2)nc1. The van der Waals surface area contributed by atoms with Gasteiger partial charge in [-0.3, -0.25) is 4.79 Å². The van der Waals surface area contributed by atoms with Gasteiger partial charge in [0.05, 0.1) is 6.04 Å². The highest BCUT2D eigenvalue weighted by molar-refractivity contribution is 5.82. The van der Waals surface area contributed by atoms with Crippen LogP contribution in [-0.4, -0.2) is 30.0 Å². The lowest BCUT2D eigenvalue weighted by molar-refractivity contribution is -0.124. The maximum atomic E-state index is 12.1. The molecule has 1 aliphatic heterocycles. The highest BCUT2D eigenvalue weighted by Crippen LogP contribution is 2.18. The summed E-state index contributed by atoms with van der Waals surface area (Å²) in [7, 11) is 0. The van der Waals surface area contributed by atoms with Gasteiger partial charge in [-0.1, -0.05) is 39.7 Å². The molecule has 0 aliphatic carbocycles. The molecule has 3 N–H and O–H groups in total. The molecule has 5 nitrogen and oxygen atoms in total. The number of hydrogen-bond donors (Lipinski definition) is 2. The smallest absolute Gasteiger partial charge is 0.237 e. The molecule has 128 valence electrons. The van der Waals surface area contributed by atoms with Gasteiger partial charge in [0.2, 0.25) is 5.91 Å². The third-order valence-electron chi connectivity index (χ3n) is 4.42. The van der Waals surface area contributed by atoms with E-state index < -0.39 is 6.04 Å². The van der Waals surface area contributed by atoms with Crippen molar-refractivity contribution in [2.75, 3.05) is 18.0 Å². The first kappa shape index (κ1) is 17.7. The van der Waals surface area contributed by atoms with Crippen LogP contribution in [0, 0.1) is 5.41 Å². The second-order valence-electron chi connectivity index (χ2n) is 7.49. The normalized spacial score (nSPS) is 17.5. The molecule has 1 amide bonds. The molecule has 1 aromatic heterocycles. The third kappa shape index (κ3) is 5.20. The number of anilines is 1. The highest BCUT2D eigenvalue weighted by Gasteiger charge is 2.27. The molecule has 0 bridgehead atoms. The Bertz CT molecular complexity index is 499. The van der Waals surface area contributed by atoms with Crippen molar-refractivity contribution in [1.82, 2.24) is 10.3 Å². The van der Waals surface area contributed by atoms with Gasteiger partial charge in [0.25, 0.3) is 0 Å². The van der Waals surface area contributed by atoms with Gasteiger partial charge in [0.1, 0.15) is 5.82 Å². The van der Waals surface area contributed by atoms with E-state index in [9.17, 15) is 4.79 Å². The van der Waals surface area contributed by atoms with Crippen molar-refractivity contribution in [2.24, 2.45) is 11.1 Å². The standard InChI is InChI=1S/C18H30N4O/c1-18(2,3)16(19)17(23)21-13-14-8-9-15(20-12-14)22-10-6-4-5-7-11-22/h8-9,12,16H,4-7,10-11,13,19H2,1-3H3,(H,21,23)/t16-/m1/s1. The molecule has 0 unspecified atom stereocenters. The van der Waals surface area contributed by atoms with Gasteiger partial charge in [0.15, 0.2) is 0 Å². The summed E-state index contributed by atoms with van der Waals surface area (Å²) in [4.78, 5) is 19.0. The molecule has 2 heterocycles. The van der Waals surface area contributed by atoms with Crippen molar-refractivity contribution in [3.63, 3.8) is 0 Å². The number of rotatable bonds is 4. The maximum absolute atomic E-state index is 12.1. The minimum atomic E-state index is -0.508. The summed E-state index contributed by atoms with van der Waals surface area (Å²) in [6.07, 6.45) is 6.96. The predicted molar refractivity (Wildman–Crippen MR) is 94.2 cm³/mol. The lowest BCUT2D eigenvalue weighted by Crippen LogP contribution is -2.48. The van der Waals surface area contributed by atoms with E-state index in [4.69, 9.17) is 5.73 Å². The Morgan fingerprint density at radius 2 is 1.91 bits per heavy atom. The van der Waals surface area contributed by atoms with E-state index in [1.807, 2.05) is 33.0 Å². The van der Waals surface area contributed by atoms with Crippen LogP contribution in [0.3, 0.4) is 0 Å². The second kappa shape index (κ2) is 7.77. The van der Waals surface area contributed by atoms with E-state index in [2.05, 4.69) is 21.3 Å². The van der Waals surface area contributed by atoms with Crippen LogP contribution in [0.15, 0.2) is 18.3 Å². The number of aromatic nitrogens is 1. The predicted octanol–water partition coefficient (Wildman–Crippen LogP) is 2.45. The summed E-state index contributed by atoms with van der Waals surface area (Å²) in [5.74, 6) is 0.919. The monoisotopic (exact) mass is 318 g/mol. The zero-order chi connectivity index (χ0) is 16.9. The number of carbonyl (C=O) groups is 1. The molecular formula is C18H30N4O. The van der Waals surface area contributed by atoms with Crippen molar-refractivity contribution >= 4 is 11.7 Å². The quantitative estimate of drug-likeness (QED) is 0.894. The number of nitrogens with two attached hydrogens (primary N) is 1. The number of pyridine rings is 1. The summed E-state index contributed by atoms with van der Waals surface area (Å²) in [6.45, 7) is 8.54. The van der Waals surface area contributed by atoms with E-state index in [1.54, 1.807) is 0 Å². The summed E-state index contributed by atoms with van der Waals surface area (Å²) in [5, 5.41) is 2.90. The fourth-order valence-electron chi connectivity index (χ4n) is 2.70. The Balaban J connectivity index is 1.88. The number of hydrogen-bond acceptors (Lipinski definition) is 4. The molecule has 23 heavy (non-hydrogen) atoms. The van der Waals surface area contributed by atoms with Gasteiger partial charge >= 0.3 is 0 Å². The van der Waals surface area contributed by atoms with Crippen LogP contribution < -0.4 is 16.0 Å². The van der Waals surface area contributed by atoms with Gasteiger partial charge in [0, 0.05) is 25.8 Å². The maximum Gasteiger partial charge on any atom is 0.237 e. The van der Waals surface area contributed by atoms with Gasteiger partial charge in [-0.2, -0.15) is 0 Å². The van der Waals surface area contributed by atoms with E-state index in [1.165, 1.54) is 25.7 Å². The van der Waals surface area contributed by atoms with Crippen molar-refractivity contribution < 1.29 is 4.79 Å². The fraction of sp³-hybridized carbons (Fsp3) is 0.667. The van der Waals surface area contributed by atoms with Crippen LogP contribution in [0.5, 0.6) is 0 Å². The first-order valence-electron chi connectivity index (χ1n) is 8.61. The molecular weight excluding hydrogens is 288 g/mol. The van der Waals surface area contributed by atoms with Crippen LogP contribution in [-0.2, 0) is 11.3 Å². The lowest BCUT2D eigenvalue weighted by Gasteiger charge is -2.25. The third-order valence-corrected chi connectivity index (χ3v) is 4.42. The van der Waals surface area contributed by atoms with Crippen molar-refractivity contribution in [3.8, 4) is 0 Å². The molecule has 1 atom stereocenters. The Morgan fingerprint density at radius 3 is 2.43 bits per heavy atom. The summed E-state index contributed by atoms with van der Waals surface area (Å²) >= 11 is 0. The molecule has 1 fully saturated rings. The Labute approximate surface area is 139 Å². The molecule has 1 saturated heterocycles. The fourth-order valence-corrected chi connectivity index (χ4v) is 2.70. The zero-order valence-electron chi connectivity index (χ0n) is 14.6. The average Bonchev–Trinajstić information content (AvgIpc) is 2.80. The van der Waals surface area contributed by atoms with E-state index >= 15 is 0 Å². The van der Waals surface area contributed by atoms with Gasteiger partial charge in [-0.05, 0) is 29.9 Å². The Kier molecular flexibility index (Phi) is 5.99. The minimum absolute atomic E-state index is 0.117. The topological polar surface area (TPSA) is 71.2 Å². The molecule has 1 aromatic rings. The van der Waals surface area contributed by atoms with Crippen LogP contribution in [0.1, 0.15) is 52.0 Å². The van der Waals surface area contributed by atoms with Crippen LogP contribution >= 0.6 is 0 Å². The highest BCUT2D eigenvalue weighted by atomic mass is 16.2. The average molecular weight is 318 g/mol. The van der Waals surface area contributed by atoms with Gasteiger partial charge in [-0.25, -0.2) is 4.98 Å². The Morgan fingerprint density at radius 1 is 1.26 bits per heavy atom. The zero-order valence-corrected chi connectivity index (χ0v) is 14.6. The van der Waals surface area contributed by atoms with Gasteiger partial charge in [-0.15, -0.1) is 0 Å². The summed E-state index contributed by atoms with van der Waals surface area (Å²) in [5.41, 5.74) is 6.72. The van der Waals surface area contributed by atoms with Crippen molar-refractivity contribution in [2.45, 2.75) is 59.0 Å². The first-order valence-corrected chi connectivity index (χ1v) is 8.61. The lowest BCUT2D eigenvalue weighted by atomic mass is 9.87. The number of carbonyl (C=O) groups excluding carboxylic acids is 1. The second-order valence-corrected chi connectivity index (χ2v) is 7.49. The molecule has 0 radical (unpaired) electrons. The number of nitrogens with one attached hydrogen (secondary N) is 1. The number of amides is 1. The van der Waals surface area contributed by atoms with Crippen LogP contribution in [0.2, 0.25) is 0 Å². The molecule has 0 saturated carbocycles. The molecule has 5 heteroatoms. The van der Waals surface area contributed by atoms with Crippen molar-refractivity contribution in [3.05, 3.63) is 23.9 Å². The molecule has 2 rings (SSSR count). The molecule has 1 aliphatic rings. The minimum Gasteiger partial charge on any atom is -0.357 e. The van der Waals surface area contributed by atoms with E-state index in [-0.39, 0.29) is 11.3 Å². The van der Waals surface area contributed by atoms with Crippen LogP contribution in [0.4, 0.5) is 5.82 Å². The largest absolute Gasteiger partial charge is 0.357 e. The molecule has 0 aromatic carbocycles. The van der Waals surface area contributed by atoms with Crippen molar-refractivity contribution in [1.29, 1.82) is 0 Å². The van der Waals surface area contributed by atoms with Gasteiger partial charge < -0.3 is 16.0 Å². The van der Waals surface area contributed by atoms with E-state index in [0.29, 0.717) is 6.54 Å². The number of nitrogens with zero attached hydrogens (tertiary/aromatic N) is 2. The summed E-state index contributed by atoms with van der Waals surface area (Å²) in [6, 6.07) is 3.58. The Hall–Kier alpha value is -1.62. The summed E-state index contributed by atoms with van der Waals surface area (Å²) < 4.78 is 0. The first-order chi connectivity index (χ1) is 10.9.